The summed E-state index contributed by atoms with van der Waals surface area (Å²) in [6, 6.07) is 0. The molecule has 0 spiro atoms. The van der Waals surface area contributed by atoms with E-state index in [0.717, 1.165) is 31.3 Å². The Morgan fingerprint density at radius 2 is 2.36 bits per heavy atom. The highest BCUT2D eigenvalue weighted by Gasteiger charge is 2.26. The lowest BCUT2D eigenvalue weighted by molar-refractivity contribution is -0.138. The van der Waals surface area contributed by atoms with Crippen LogP contribution in [0.1, 0.15) is 33.1 Å². The number of nitrogens with zero attached hydrogens (tertiary/aromatic N) is 1. The summed E-state index contributed by atoms with van der Waals surface area (Å²) in [7, 11) is 0. The van der Waals surface area contributed by atoms with Gasteiger partial charge in [0.15, 0.2) is 0 Å². The molecule has 0 aliphatic carbocycles. The molecule has 1 saturated heterocycles. The molecule has 0 aromatic heterocycles. The molecule has 1 amide bonds. The minimum absolute atomic E-state index is 0.247. The molecule has 0 radical (unpaired) electrons. The van der Waals surface area contributed by atoms with E-state index in [1.165, 1.54) is 6.42 Å². The standard InChI is InChI=1S/C11H20BrNO/c1-3-10(7-12)8-13-6-4-5-9(2)11(13)14/h9-10H,3-8H2,1-2H3. The largest absolute Gasteiger partial charge is 0.342 e. The molecule has 3 heteroatoms. The van der Waals surface area contributed by atoms with Gasteiger partial charge in [-0.2, -0.15) is 0 Å². The molecule has 2 atom stereocenters. The molecule has 1 aliphatic heterocycles. The fourth-order valence-electron chi connectivity index (χ4n) is 1.91. The van der Waals surface area contributed by atoms with Gasteiger partial charge in [-0.1, -0.05) is 36.2 Å². The van der Waals surface area contributed by atoms with Crippen molar-refractivity contribution in [3.8, 4) is 0 Å². The topological polar surface area (TPSA) is 20.3 Å². The monoisotopic (exact) mass is 261 g/mol. The van der Waals surface area contributed by atoms with Crippen LogP contribution >= 0.6 is 15.9 Å². The maximum Gasteiger partial charge on any atom is 0.225 e. The Balaban J connectivity index is 2.46. The van der Waals surface area contributed by atoms with Gasteiger partial charge in [0.25, 0.3) is 0 Å². The number of likely N-dealkylation sites (tertiary alicyclic amines) is 1. The van der Waals surface area contributed by atoms with E-state index < -0.39 is 0 Å². The van der Waals surface area contributed by atoms with E-state index >= 15 is 0 Å². The number of piperidine rings is 1. The molecule has 0 N–H and O–H groups in total. The molecule has 1 rings (SSSR count). The number of alkyl halides is 1. The van der Waals surface area contributed by atoms with Crippen molar-refractivity contribution in [2.75, 3.05) is 18.4 Å². The summed E-state index contributed by atoms with van der Waals surface area (Å²) < 4.78 is 0. The predicted octanol–water partition coefficient (Wildman–Crippen LogP) is 2.67. The van der Waals surface area contributed by atoms with Crippen LogP contribution in [0.5, 0.6) is 0 Å². The summed E-state index contributed by atoms with van der Waals surface area (Å²) in [6.07, 6.45) is 3.38. The Bertz CT molecular complexity index is 192. The fourth-order valence-corrected chi connectivity index (χ4v) is 2.58. The third kappa shape index (κ3) is 2.97. The zero-order valence-corrected chi connectivity index (χ0v) is 10.7. The Labute approximate surface area is 95.2 Å². The predicted molar refractivity (Wildman–Crippen MR) is 62.6 cm³/mol. The Morgan fingerprint density at radius 3 is 2.93 bits per heavy atom. The van der Waals surface area contributed by atoms with Crippen LogP contribution in [0.25, 0.3) is 0 Å². The van der Waals surface area contributed by atoms with Crippen LogP contribution in [-0.2, 0) is 4.79 Å². The van der Waals surface area contributed by atoms with Gasteiger partial charge in [-0.05, 0) is 18.8 Å². The second-order valence-electron chi connectivity index (χ2n) is 4.26. The maximum absolute atomic E-state index is 11.8. The highest BCUT2D eigenvalue weighted by Crippen LogP contribution is 2.19. The average Bonchev–Trinajstić information content (AvgIpc) is 2.20. The van der Waals surface area contributed by atoms with Gasteiger partial charge in [-0.25, -0.2) is 0 Å². The summed E-state index contributed by atoms with van der Waals surface area (Å²) >= 11 is 3.50. The molecule has 2 nitrogen and oxygen atoms in total. The molecular weight excluding hydrogens is 242 g/mol. The van der Waals surface area contributed by atoms with Gasteiger partial charge in [-0.3, -0.25) is 4.79 Å². The van der Waals surface area contributed by atoms with Crippen molar-refractivity contribution >= 4 is 21.8 Å². The smallest absolute Gasteiger partial charge is 0.225 e. The van der Waals surface area contributed by atoms with Crippen LogP contribution in [-0.4, -0.2) is 29.2 Å². The lowest BCUT2D eigenvalue weighted by Crippen LogP contribution is -2.42. The summed E-state index contributed by atoms with van der Waals surface area (Å²) in [5.74, 6) is 1.22. The Kier molecular flexibility index (Phi) is 4.93. The number of carbonyl (C=O) groups excluding carboxylic acids is 1. The summed E-state index contributed by atoms with van der Waals surface area (Å²) in [5, 5.41) is 1.00. The first-order chi connectivity index (χ1) is 6.69. The average molecular weight is 262 g/mol. The van der Waals surface area contributed by atoms with Crippen LogP contribution < -0.4 is 0 Å². The van der Waals surface area contributed by atoms with Gasteiger partial charge in [0.2, 0.25) is 5.91 Å². The fraction of sp³-hybridized carbons (Fsp3) is 0.909. The molecule has 14 heavy (non-hydrogen) atoms. The molecule has 0 aromatic rings. The third-order valence-corrected chi connectivity index (χ3v) is 3.99. The molecule has 0 saturated carbocycles. The van der Waals surface area contributed by atoms with Crippen LogP contribution in [0.4, 0.5) is 0 Å². The Hall–Kier alpha value is -0.0500. The number of rotatable bonds is 4. The first-order valence-electron chi connectivity index (χ1n) is 5.53. The first kappa shape index (κ1) is 12.0. The third-order valence-electron chi connectivity index (χ3n) is 3.07. The zero-order valence-electron chi connectivity index (χ0n) is 9.13. The van der Waals surface area contributed by atoms with Crippen molar-refractivity contribution in [2.45, 2.75) is 33.1 Å². The number of halogens is 1. The minimum atomic E-state index is 0.247. The van der Waals surface area contributed by atoms with Crippen molar-refractivity contribution in [2.24, 2.45) is 11.8 Å². The molecule has 1 heterocycles. The zero-order chi connectivity index (χ0) is 10.6. The summed E-state index contributed by atoms with van der Waals surface area (Å²) in [6.45, 7) is 6.13. The van der Waals surface area contributed by atoms with Crippen LogP contribution in [0.3, 0.4) is 0 Å². The van der Waals surface area contributed by atoms with Gasteiger partial charge >= 0.3 is 0 Å². The van der Waals surface area contributed by atoms with Crippen LogP contribution in [0, 0.1) is 11.8 Å². The lowest BCUT2D eigenvalue weighted by atomic mass is 9.97. The molecule has 1 aliphatic rings. The van der Waals surface area contributed by atoms with Crippen LogP contribution in [0.2, 0.25) is 0 Å². The summed E-state index contributed by atoms with van der Waals surface area (Å²) in [4.78, 5) is 13.8. The SMILES string of the molecule is CCC(CBr)CN1CCCC(C)C1=O. The number of hydrogen-bond acceptors (Lipinski definition) is 1. The molecule has 0 aromatic carbocycles. The van der Waals surface area contributed by atoms with Crippen molar-refractivity contribution in [1.29, 1.82) is 0 Å². The second-order valence-corrected chi connectivity index (χ2v) is 4.90. The normalized spacial score (nSPS) is 25.2. The number of carbonyl (C=O) groups is 1. The number of amides is 1. The highest BCUT2D eigenvalue weighted by molar-refractivity contribution is 9.09. The van der Waals surface area contributed by atoms with Gasteiger partial charge in [0, 0.05) is 24.3 Å². The van der Waals surface area contributed by atoms with E-state index in [2.05, 4.69) is 22.9 Å². The minimum Gasteiger partial charge on any atom is -0.342 e. The van der Waals surface area contributed by atoms with Crippen molar-refractivity contribution in [1.82, 2.24) is 4.90 Å². The highest BCUT2D eigenvalue weighted by atomic mass is 79.9. The molecule has 82 valence electrons. The number of hydrogen-bond donors (Lipinski definition) is 0. The van der Waals surface area contributed by atoms with E-state index in [4.69, 9.17) is 0 Å². The Morgan fingerprint density at radius 1 is 1.64 bits per heavy atom. The van der Waals surface area contributed by atoms with Crippen molar-refractivity contribution in [3.63, 3.8) is 0 Å². The molecule has 1 fully saturated rings. The van der Waals surface area contributed by atoms with Gasteiger partial charge in [0.05, 0.1) is 0 Å². The van der Waals surface area contributed by atoms with E-state index in [1.807, 2.05) is 11.8 Å². The molecular formula is C11H20BrNO. The van der Waals surface area contributed by atoms with E-state index in [9.17, 15) is 4.79 Å². The van der Waals surface area contributed by atoms with Gasteiger partial charge in [-0.15, -0.1) is 0 Å². The lowest BCUT2D eigenvalue weighted by Gasteiger charge is -2.32. The van der Waals surface area contributed by atoms with E-state index in [-0.39, 0.29) is 5.92 Å². The van der Waals surface area contributed by atoms with Crippen molar-refractivity contribution in [3.05, 3.63) is 0 Å². The quantitative estimate of drug-likeness (QED) is 0.713. The molecule has 0 bridgehead atoms. The van der Waals surface area contributed by atoms with Gasteiger partial charge < -0.3 is 4.90 Å². The van der Waals surface area contributed by atoms with Crippen LogP contribution in [0.15, 0.2) is 0 Å². The second kappa shape index (κ2) is 5.74. The van der Waals surface area contributed by atoms with Gasteiger partial charge in [0.1, 0.15) is 0 Å². The van der Waals surface area contributed by atoms with E-state index in [0.29, 0.717) is 11.8 Å². The summed E-state index contributed by atoms with van der Waals surface area (Å²) in [5.41, 5.74) is 0. The molecule has 2 unspecified atom stereocenters. The maximum atomic E-state index is 11.8. The first-order valence-corrected chi connectivity index (χ1v) is 6.66. The van der Waals surface area contributed by atoms with Crippen molar-refractivity contribution < 1.29 is 4.79 Å². The van der Waals surface area contributed by atoms with E-state index in [1.54, 1.807) is 0 Å².